The Morgan fingerprint density at radius 1 is 1.45 bits per heavy atom. The van der Waals surface area contributed by atoms with E-state index in [4.69, 9.17) is 9.47 Å². The molecule has 0 aromatic heterocycles. The fraction of sp³-hybridized carbons (Fsp3) is 0.533. The lowest BCUT2D eigenvalue weighted by Gasteiger charge is -2.22. The van der Waals surface area contributed by atoms with Crippen LogP contribution in [-0.2, 0) is 9.53 Å². The van der Waals surface area contributed by atoms with E-state index in [1.165, 1.54) is 0 Å². The molecule has 0 radical (unpaired) electrons. The normalized spacial score (nSPS) is 21.2. The smallest absolute Gasteiger partial charge is 0.261 e. The van der Waals surface area contributed by atoms with E-state index < -0.39 is 6.10 Å². The van der Waals surface area contributed by atoms with Crippen LogP contribution < -0.4 is 10.1 Å². The summed E-state index contributed by atoms with van der Waals surface area (Å²) < 4.78 is 12.1. The fourth-order valence-corrected chi connectivity index (χ4v) is 2.59. The van der Waals surface area contributed by atoms with Gasteiger partial charge < -0.3 is 14.8 Å². The second kappa shape index (κ2) is 7.09. The van der Waals surface area contributed by atoms with Crippen LogP contribution in [0.25, 0.3) is 0 Å². The van der Waals surface area contributed by atoms with Gasteiger partial charge in [-0.15, -0.1) is 0 Å². The largest absolute Gasteiger partial charge is 0.480 e. The van der Waals surface area contributed by atoms with Crippen molar-refractivity contribution < 1.29 is 14.3 Å². The zero-order valence-electron chi connectivity index (χ0n) is 11.8. The Labute approximate surface area is 128 Å². The quantitative estimate of drug-likeness (QED) is 0.895. The lowest BCUT2D eigenvalue weighted by Crippen LogP contribution is -2.46. The topological polar surface area (TPSA) is 47.6 Å². The average molecular weight is 342 g/mol. The molecule has 1 aliphatic rings. The van der Waals surface area contributed by atoms with Crippen molar-refractivity contribution in [2.75, 3.05) is 6.61 Å². The van der Waals surface area contributed by atoms with Crippen molar-refractivity contribution in [3.63, 3.8) is 0 Å². The molecule has 1 N–H and O–H groups in total. The molecule has 110 valence electrons. The van der Waals surface area contributed by atoms with Gasteiger partial charge in [0.2, 0.25) is 0 Å². The van der Waals surface area contributed by atoms with Crippen LogP contribution in [0, 0.1) is 0 Å². The number of amides is 1. The van der Waals surface area contributed by atoms with Gasteiger partial charge in [0.1, 0.15) is 5.75 Å². The van der Waals surface area contributed by atoms with Crippen LogP contribution in [0.15, 0.2) is 28.7 Å². The minimum Gasteiger partial charge on any atom is -0.480 e. The van der Waals surface area contributed by atoms with E-state index >= 15 is 0 Å². The summed E-state index contributed by atoms with van der Waals surface area (Å²) in [6, 6.07) is 7.50. The molecule has 0 unspecified atom stereocenters. The van der Waals surface area contributed by atoms with Crippen LogP contribution in [-0.4, -0.2) is 30.8 Å². The third-order valence-electron chi connectivity index (χ3n) is 3.40. The highest BCUT2D eigenvalue weighted by Crippen LogP contribution is 2.25. The lowest BCUT2D eigenvalue weighted by atomic mass is 10.1. The second-order valence-corrected chi connectivity index (χ2v) is 5.89. The van der Waals surface area contributed by atoms with Gasteiger partial charge in [-0.1, -0.05) is 12.1 Å². The molecule has 0 spiro atoms. The van der Waals surface area contributed by atoms with E-state index in [2.05, 4.69) is 21.2 Å². The molecular formula is C15H20BrNO3. The summed E-state index contributed by atoms with van der Waals surface area (Å²) in [6.45, 7) is 4.50. The predicted molar refractivity (Wildman–Crippen MR) is 80.8 cm³/mol. The Bertz CT molecular complexity index is 460. The lowest BCUT2D eigenvalue weighted by molar-refractivity contribution is -0.128. The summed E-state index contributed by atoms with van der Waals surface area (Å²) in [6.07, 6.45) is 1.64. The number of benzene rings is 1. The number of hydrogen-bond acceptors (Lipinski definition) is 3. The maximum atomic E-state index is 12.1. The highest BCUT2D eigenvalue weighted by Gasteiger charge is 2.25. The molecule has 4 nitrogen and oxygen atoms in total. The molecule has 1 fully saturated rings. The fourth-order valence-electron chi connectivity index (χ4n) is 2.22. The van der Waals surface area contributed by atoms with Crippen molar-refractivity contribution in [1.82, 2.24) is 5.32 Å². The number of hydrogen-bond donors (Lipinski definition) is 1. The first-order valence-corrected chi connectivity index (χ1v) is 7.70. The summed E-state index contributed by atoms with van der Waals surface area (Å²) in [5, 5.41) is 2.96. The van der Waals surface area contributed by atoms with Gasteiger partial charge in [-0.25, -0.2) is 0 Å². The molecule has 0 saturated carbocycles. The Morgan fingerprint density at radius 2 is 2.20 bits per heavy atom. The molecule has 3 atom stereocenters. The summed E-state index contributed by atoms with van der Waals surface area (Å²) in [7, 11) is 0. The minimum atomic E-state index is -0.544. The standard InChI is InChI=1S/C15H20BrNO3/c1-10(13-8-5-9-19-13)17-15(18)11(2)20-14-7-4-3-6-12(14)16/h3-4,6-7,10-11,13H,5,8-9H2,1-2H3,(H,17,18)/t10-,11+,13-/m0/s1. The third kappa shape index (κ3) is 3.96. The first-order valence-electron chi connectivity index (χ1n) is 6.91. The van der Waals surface area contributed by atoms with Gasteiger partial charge in [-0.05, 0) is 54.8 Å². The van der Waals surface area contributed by atoms with Gasteiger partial charge in [-0.3, -0.25) is 4.79 Å². The summed E-state index contributed by atoms with van der Waals surface area (Å²) in [5.41, 5.74) is 0. The van der Waals surface area contributed by atoms with E-state index in [0.717, 1.165) is 23.9 Å². The number of para-hydroxylation sites is 1. The molecule has 1 aromatic carbocycles. The molecule has 0 bridgehead atoms. The first kappa shape index (κ1) is 15.3. The molecule has 20 heavy (non-hydrogen) atoms. The monoisotopic (exact) mass is 341 g/mol. The molecule has 1 amide bonds. The Hall–Kier alpha value is -1.07. The van der Waals surface area contributed by atoms with Gasteiger partial charge in [0, 0.05) is 6.61 Å². The van der Waals surface area contributed by atoms with Gasteiger partial charge in [0.05, 0.1) is 16.6 Å². The Balaban J connectivity index is 1.87. The van der Waals surface area contributed by atoms with Crippen molar-refractivity contribution in [1.29, 1.82) is 0 Å². The highest BCUT2D eigenvalue weighted by atomic mass is 79.9. The van der Waals surface area contributed by atoms with Crippen molar-refractivity contribution in [3.8, 4) is 5.75 Å². The van der Waals surface area contributed by atoms with Crippen LogP contribution in [0.5, 0.6) is 5.75 Å². The van der Waals surface area contributed by atoms with Gasteiger partial charge in [-0.2, -0.15) is 0 Å². The maximum absolute atomic E-state index is 12.1. The SMILES string of the molecule is C[C@H](NC(=O)[C@@H](C)Oc1ccccc1Br)[C@@H]1CCCO1. The van der Waals surface area contributed by atoms with Crippen molar-refractivity contribution >= 4 is 21.8 Å². The molecule has 1 aliphatic heterocycles. The van der Waals surface area contributed by atoms with E-state index in [9.17, 15) is 4.79 Å². The number of halogens is 1. The molecular weight excluding hydrogens is 322 g/mol. The number of carbonyl (C=O) groups excluding carboxylic acids is 1. The van der Waals surface area contributed by atoms with Crippen molar-refractivity contribution in [2.24, 2.45) is 0 Å². The molecule has 2 rings (SSSR count). The van der Waals surface area contributed by atoms with Gasteiger partial charge in [0.15, 0.2) is 6.10 Å². The summed E-state index contributed by atoms with van der Waals surface area (Å²) in [4.78, 5) is 12.1. The van der Waals surface area contributed by atoms with Crippen LogP contribution in [0.2, 0.25) is 0 Å². The van der Waals surface area contributed by atoms with E-state index in [0.29, 0.717) is 5.75 Å². The molecule has 5 heteroatoms. The minimum absolute atomic E-state index is 0.00950. The van der Waals surface area contributed by atoms with Gasteiger partial charge >= 0.3 is 0 Å². The molecule has 1 aromatic rings. The third-order valence-corrected chi connectivity index (χ3v) is 4.06. The summed E-state index contributed by atoms with van der Waals surface area (Å²) in [5.74, 6) is 0.545. The zero-order chi connectivity index (χ0) is 14.5. The van der Waals surface area contributed by atoms with Crippen molar-refractivity contribution in [2.45, 2.75) is 44.9 Å². The average Bonchev–Trinajstić information content (AvgIpc) is 2.95. The molecule has 0 aliphatic carbocycles. The zero-order valence-corrected chi connectivity index (χ0v) is 13.4. The highest BCUT2D eigenvalue weighted by molar-refractivity contribution is 9.10. The van der Waals surface area contributed by atoms with E-state index in [1.54, 1.807) is 6.92 Å². The van der Waals surface area contributed by atoms with Crippen molar-refractivity contribution in [3.05, 3.63) is 28.7 Å². The second-order valence-electron chi connectivity index (χ2n) is 5.04. The van der Waals surface area contributed by atoms with Crippen LogP contribution in [0.1, 0.15) is 26.7 Å². The van der Waals surface area contributed by atoms with Crippen LogP contribution in [0.3, 0.4) is 0 Å². The Kier molecular flexibility index (Phi) is 5.43. The number of nitrogens with one attached hydrogen (secondary N) is 1. The van der Waals surface area contributed by atoms with Gasteiger partial charge in [0.25, 0.3) is 5.91 Å². The maximum Gasteiger partial charge on any atom is 0.261 e. The number of carbonyl (C=O) groups is 1. The number of rotatable bonds is 5. The predicted octanol–water partition coefficient (Wildman–Crippen LogP) is 2.90. The molecule has 1 heterocycles. The summed E-state index contributed by atoms with van der Waals surface area (Å²) >= 11 is 3.40. The molecule has 1 saturated heterocycles. The first-order chi connectivity index (χ1) is 9.58. The van der Waals surface area contributed by atoms with E-state index in [-0.39, 0.29) is 18.1 Å². The number of ether oxygens (including phenoxy) is 2. The van der Waals surface area contributed by atoms with Crippen LogP contribution >= 0.6 is 15.9 Å². The Morgan fingerprint density at radius 3 is 2.85 bits per heavy atom. The van der Waals surface area contributed by atoms with E-state index in [1.807, 2.05) is 31.2 Å². The van der Waals surface area contributed by atoms with Crippen LogP contribution in [0.4, 0.5) is 0 Å².